The monoisotopic (exact) mass is 396 g/mol. The zero-order chi connectivity index (χ0) is 20.4. The van der Waals surface area contributed by atoms with E-state index in [0.29, 0.717) is 36.0 Å². The number of carbonyl (C=O) groups is 1. The van der Waals surface area contributed by atoms with E-state index in [9.17, 15) is 9.18 Å². The SMILES string of the molecule is COc1ccc(CN[C@@H]2CNC(=O)c3cc(-c4ccc(F)cc4)nn32)c(OC)c1. The predicted octanol–water partition coefficient (Wildman–Crippen LogP) is 2.74. The lowest BCUT2D eigenvalue weighted by Crippen LogP contribution is -2.45. The number of aromatic nitrogens is 2. The van der Waals surface area contributed by atoms with Crippen molar-refractivity contribution in [2.45, 2.75) is 12.7 Å². The van der Waals surface area contributed by atoms with Crippen molar-refractivity contribution in [3.05, 3.63) is 65.6 Å². The standard InChI is InChI=1S/C21H21FN4O3/c1-28-16-8-5-14(19(9-16)29-2)11-23-20-12-24-21(27)18-10-17(25-26(18)20)13-3-6-15(22)7-4-13/h3-10,20,23H,11-12H2,1-2H3,(H,24,27)/t20-/m0/s1. The third-order valence-electron chi connectivity index (χ3n) is 4.88. The van der Waals surface area contributed by atoms with Crippen LogP contribution in [-0.4, -0.2) is 36.5 Å². The summed E-state index contributed by atoms with van der Waals surface area (Å²) >= 11 is 0. The molecule has 8 heteroatoms. The number of amides is 1. The number of hydrogen-bond acceptors (Lipinski definition) is 5. The third kappa shape index (κ3) is 3.79. The number of fused-ring (bicyclic) bond motifs is 1. The minimum Gasteiger partial charge on any atom is -0.497 e. The van der Waals surface area contributed by atoms with Gasteiger partial charge in [0, 0.05) is 23.7 Å². The highest BCUT2D eigenvalue weighted by molar-refractivity contribution is 5.94. The van der Waals surface area contributed by atoms with E-state index in [4.69, 9.17) is 9.47 Å². The molecule has 1 amide bonds. The topological polar surface area (TPSA) is 77.4 Å². The summed E-state index contributed by atoms with van der Waals surface area (Å²) in [7, 11) is 3.22. The third-order valence-corrected chi connectivity index (χ3v) is 4.88. The molecule has 0 spiro atoms. The van der Waals surface area contributed by atoms with Crippen LogP contribution >= 0.6 is 0 Å². The first-order chi connectivity index (χ1) is 14.1. The Kier molecular flexibility index (Phi) is 5.18. The number of halogens is 1. The number of methoxy groups -OCH3 is 2. The Labute approximate surface area is 167 Å². The average Bonchev–Trinajstić information content (AvgIpc) is 3.20. The van der Waals surface area contributed by atoms with Gasteiger partial charge in [0.15, 0.2) is 0 Å². The molecule has 1 aromatic heterocycles. The summed E-state index contributed by atoms with van der Waals surface area (Å²) in [6.07, 6.45) is -0.233. The summed E-state index contributed by atoms with van der Waals surface area (Å²) < 4.78 is 25.6. The van der Waals surface area contributed by atoms with Crippen LogP contribution in [0.15, 0.2) is 48.5 Å². The maximum absolute atomic E-state index is 13.2. The minimum absolute atomic E-state index is 0.189. The van der Waals surface area contributed by atoms with Crippen LogP contribution < -0.4 is 20.1 Å². The van der Waals surface area contributed by atoms with Crippen LogP contribution in [0.2, 0.25) is 0 Å². The zero-order valence-corrected chi connectivity index (χ0v) is 16.1. The van der Waals surface area contributed by atoms with Crippen molar-refractivity contribution in [1.29, 1.82) is 0 Å². The van der Waals surface area contributed by atoms with Crippen LogP contribution in [0, 0.1) is 5.82 Å². The lowest BCUT2D eigenvalue weighted by Gasteiger charge is -2.26. The van der Waals surface area contributed by atoms with Crippen molar-refractivity contribution >= 4 is 5.91 Å². The maximum Gasteiger partial charge on any atom is 0.269 e. The molecule has 2 aromatic carbocycles. The highest BCUT2D eigenvalue weighted by Gasteiger charge is 2.27. The van der Waals surface area contributed by atoms with Crippen molar-refractivity contribution < 1.29 is 18.7 Å². The molecule has 0 aliphatic carbocycles. The summed E-state index contributed by atoms with van der Waals surface area (Å²) in [6, 6.07) is 13.4. The van der Waals surface area contributed by atoms with Crippen LogP contribution in [0.3, 0.4) is 0 Å². The van der Waals surface area contributed by atoms with Crippen molar-refractivity contribution in [2.24, 2.45) is 0 Å². The number of nitrogens with one attached hydrogen (secondary N) is 2. The molecule has 4 rings (SSSR count). The lowest BCUT2D eigenvalue weighted by molar-refractivity contribution is 0.0900. The average molecular weight is 396 g/mol. The van der Waals surface area contributed by atoms with E-state index in [-0.39, 0.29) is 17.9 Å². The smallest absolute Gasteiger partial charge is 0.269 e. The second-order valence-electron chi connectivity index (χ2n) is 6.65. The normalized spacial score (nSPS) is 15.6. The van der Waals surface area contributed by atoms with Gasteiger partial charge in [-0.3, -0.25) is 10.1 Å². The van der Waals surface area contributed by atoms with Crippen LogP contribution in [0.25, 0.3) is 11.3 Å². The highest BCUT2D eigenvalue weighted by atomic mass is 19.1. The zero-order valence-electron chi connectivity index (χ0n) is 16.1. The van der Waals surface area contributed by atoms with Crippen LogP contribution in [0.1, 0.15) is 22.2 Å². The molecule has 7 nitrogen and oxygen atoms in total. The second kappa shape index (κ2) is 7.92. The van der Waals surface area contributed by atoms with Crippen LogP contribution in [0.5, 0.6) is 11.5 Å². The molecule has 2 N–H and O–H groups in total. The quantitative estimate of drug-likeness (QED) is 0.670. The number of ether oxygens (including phenoxy) is 2. The first kappa shape index (κ1) is 18.9. The van der Waals surface area contributed by atoms with Crippen LogP contribution in [-0.2, 0) is 6.54 Å². The van der Waals surface area contributed by atoms with Gasteiger partial charge in [0.1, 0.15) is 29.2 Å². The Morgan fingerprint density at radius 2 is 1.97 bits per heavy atom. The molecule has 0 radical (unpaired) electrons. The first-order valence-corrected chi connectivity index (χ1v) is 9.17. The van der Waals surface area contributed by atoms with Crippen molar-refractivity contribution in [3.8, 4) is 22.8 Å². The van der Waals surface area contributed by atoms with Crippen molar-refractivity contribution in [3.63, 3.8) is 0 Å². The maximum atomic E-state index is 13.2. The Hall–Kier alpha value is -3.39. The second-order valence-corrected chi connectivity index (χ2v) is 6.65. The van der Waals surface area contributed by atoms with Gasteiger partial charge in [0.25, 0.3) is 5.91 Å². The highest BCUT2D eigenvalue weighted by Crippen LogP contribution is 2.26. The summed E-state index contributed by atoms with van der Waals surface area (Å²) in [6.45, 7) is 0.910. The molecule has 3 aromatic rings. The molecular formula is C21H21FN4O3. The Morgan fingerprint density at radius 1 is 1.17 bits per heavy atom. The number of nitrogens with zero attached hydrogens (tertiary/aromatic N) is 2. The lowest BCUT2D eigenvalue weighted by atomic mass is 10.1. The Morgan fingerprint density at radius 3 is 2.69 bits per heavy atom. The molecule has 150 valence electrons. The van der Waals surface area contributed by atoms with Gasteiger partial charge in [-0.05, 0) is 36.4 Å². The van der Waals surface area contributed by atoms with Gasteiger partial charge in [0.05, 0.1) is 26.5 Å². The molecule has 1 aliphatic heterocycles. The summed E-state index contributed by atoms with van der Waals surface area (Å²) in [5.41, 5.74) is 2.77. The summed E-state index contributed by atoms with van der Waals surface area (Å²) in [4.78, 5) is 12.3. The van der Waals surface area contributed by atoms with E-state index in [1.165, 1.54) is 12.1 Å². The van der Waals surface area contributed by atoms with Gasteiger partial charge < -0.3 is 14.8 Å². The van der Waals surface area contributed by atoms with E-state index < -0.39 is 0 Å². The number of benzene rings is 2. The summed E-state index contributed by atoms with van der Waals surface area (Å²) in [5, 5.41) is 10.9. The number of rotatable bonds is 6. The van der Waals surface area contributed by atoms with Crippen LogP contribution in [0.4, 0.5) is 4.39 Å². The van der Waals surface area contributed by atoms with E-state index >= 15 is 0 Å². The molecule has 0 saturated heterocycles. The predicted molar refractivity (Wildman–Crippen MR) is 105 cm³/mol. The molecular weight excluding hydrogens is 375 g/mol. The molecule has 0 saturated carbocycles. The Balaban J connectivity index is 1.57. The van der Waals surface area contributed by atoms with Gasteiger partial charge in [-0.1, -0.05) is 6.07 Å². The van der Waals surface area contributed by atoms with E-state index in [1.54, 1.807) is 37.1 Å². The van der Waals surface area contributed by atoms with Gasteiger partial charge in [-0.15, -0.1) is 0 Å². The van der Waals surface area contributed by atoms with Gasteiger partial charge >= 0.3 is 0 Å². The molecule has 29 heavy (non-hydrogen) atoms. The van der Waals surface area contributed by atoms with E-state index in [1.807, 2.05) is 18.2 Å². The molecule has 1 aliphatic rings. The van der Waals surface area contributed by atoms with E-state index in [0.717, 1.165) is 11.1 Å². The molecule has 0 fully saturated rings. The molecule has 0 bridgehead atoms. The van der Waals surface area contributed by atoms with Crippen molar-refractivity contribution in [2.75, 3.05) is 20.8 Å². The molecule has 0 unspecified atom stereocenters. The molecule has 2 heterocycles. The van der Waals surface area contributed by atoms with Gasteiger partial charge in [0.2, 0.25) is 0 Å². The van der Waals surface area contributed by atoms with Crippen molar-refractivity contribution in [1.82, 2.24) is 20.4 Å². The fourth-order valence-corrected chi connectivity index (χ4v) is 3.31. The summed E-state index contributed by atoms with van der Waals surface area (Å²) in [5.74, 6) is 0.924. The van der Waals surface area contributed by atoms with E-state index in [2.05, 4.69) is 15.7 Å². The largest absolute Gasteiger partial charge is 0.497 e. The van der Waals surface area contributed by atoms with Gasteiger partial charge in [-0.2, -0.15) is 5.10 Å². The fraction of sp³-hybridized carbons (Fsp3) is 0.238. The number of carbonyl (C=O) groups excluding carboxylic acids is 1. The Bertz CT molecular complexity index is 1030. The molecule has 1 atom stereocenters. The van der Waals surface area contributed by atoms with Gasteiger partial charge in [-0.25, -0.2) is 9.07 Å². The minimum atomic E-state index is -0.316. The first-order valence-electron chi connectivity index (χ1n) is 9.17. The fourth-order valence-electron chi connectivity index (χ4n) is 3.31. The number of hydrogen-bond donors (Lipinski definition) is 2.